The molecule has 41 heavy (non-hydrogen) atoms. The van der Waals surface area contributed by atoms with Gasteiger partial charge in [-0.05, 0) is 41.0 Å². The van der Waals surface area contributed by atoms with Crippen molar-refractivity contribution in [3.8, 4) is 67.7 Å². The van der Waals surface area contributed by atoms with Gasteiger partial charge in [-0.25, -0.2) is 9.97 Å². The summed E-state index contributed by atoms with van der Waals surface area (Å²) in [4.78, 5) is 13.7. The molecule has 6 aromatic rings. The van der Waals surface area contributed by atoms with Crippen LogP contribution in [0.5, 0.6) is 11.5 Å². The number of hydrogen-bond acceptors (Lipinski definition) is 5. The number of phenolic OH excluding ortho intramolecular Hbond substituents is 2. The van der Waals surface area contributed by atoms with E-state index < -0.39 is 11.5 Å². The summed E-state index contributed by atoms with van der Waals surface area (Å²) in [7, 11) is 18.0. The van der Waals surface area contributed by atoms with Crippen LogP contribution < -0.4 is 16.4 Å². The zero-order chi connectivity index (χ0) is 28.5. The van der Waals surface area contributed by atoms with Crippen molar-refractivity contribution < 1.29 is 10.2 Å². The summed E-state index contributed by atoms with van der Waals surface area (Å²) in [5.41, 5.74) is 6.20. The number of rotatable bonds is 5. The van der Waals surface area contributed by atoms with Crippen molar-refractivity contribution in [3.05, 3.63) is 109 Å². The molecule has 4 aromatic carbocycles. The molecule has 8 heteroatoms. The topological polar surface area (TPSA) is 79.1 Å². The third kappa shape index (κ3) is 5.00. The van der Waals surface area contributed by atoms with Crippen molar-refractivity contribution in [2.24, 2.45) is 0 Å². The van der Waals surface area contributed by atoms with E-state index in [0.29, 0.717) is 11.4 Å². The van der Waals surface area contributed by atoms with Crippen LogP contribution in [0.2, 0.25) is 0 Å². The van der Waals surface area contributed by atoms with Gasteiger partial charge < -0.3 is 10.2 Å². The maximum absolute atomic E-state index is 10.9. The highest BCUT2D eigenvalue weighted by Gasteiger charge is 2.21. The third-order valence-electron chi connectivity index (χ3n) is 6.93. The van der Waals surface area contributed by atoms with Gasteiger partial charge in [-0.2, -0.15) is 0 Å². The van der Waals surface area contributed by atoms with E-state index in [2.05, 4.69) is 4.98 Å². The van der Waals surface area contributed by atoms with Gasteiger partial charge in [0.2, 0.25) is 0 Å². The molecule has 0 aliphatic heterocycles. The van der Waals surface area contributed by atoms with Crippen molar-refractivity contribution >= 4 is 39.9 Å². The van der Waals surface area contributed by atoms with Gasteiger partial charge in [-0.3, -0.25) is 4.98 Å². The second-order valence-corrected chi connectivity index (χ2v) is 9.54. The molecule has 0 amide bonds. The molecule has 188 valence electrons. The fourth-order valence-electron chi connectivity index (χ4n) is 4.73. The van der Waals surface area contributed by atoms with Crippen LogP contribution in [0.15, 0.2) is 109 Å². The Morgan fingerprint density at radius 2 is 1.00 bits per heavy atom. The first-order chi connectivity index (χ1) is 19.9. The highest BCUT2D eigenvalue weighted by molar-refractivity contribution is 6.59. The summed E-state index contributed by atoms with van der Waals surface area (Å²) in [6, 6.07) is 31.6. The number of aromatic nitrogens is 3. The van der Waals surface area contributed by atoms with Crippen molar-refractivity contribution in [2.45, 2.75) is 0 Å². The molecule has 6 rings (SSSR count). The maximum Gasteiger partial charge on any atom is 0.167 e. The Kier molecular flexibility index (Phi) is 6.90. The standard InChI is InChI=1S/C33H20B3N3O2/c34-28-29(35)31(40)27(32(41)30(28)36)33-38-25(22-11-4-9-20(15-22)19-7-2-1-3-8-19)17-26(39-33)23-12-5-10-21(16-23)24-13-6-14-37-18-24/h1-18,40-41H. The van der Waals surface area contributed by atoms with E-state index in [1.165, 1.54) is 0 Å². The van der Waals surface area contributed by atoms with E-state index in [1.807, 2.05) is 97.1 Å². The summed E-state index contributed by atoms with van der Waals surface area (Å²) < 4.78 is 0. The minimum absolute atomic E-state index is 0.0443. The molecule has 5 nitrogen and oxygen atoms in total. The number of benzene rings is 4. The zero-order valence-corrected chi connectivity index (χ0v) is 21.9. The van der Waals surface area contributed by atoms with Crippen LogP contribution in [0, 0.1) is 0 Å². The van der Waals surface area contributed by atoms with E-state index in [4.69, 9.17) is 33.5 Å². The van der Waals surface area contributed by atoms with E-state index in [-0.39, 0.29) is 27.8 Å². The number of pyridine rings is 1. The predicted molar refractivity (Wildman–Crippen MR) is 167 cm³/mol. The van der Waals surface area contributed by atoms with Gasteiger partial charge in [-0.15, -0.1) is 5.46 Å². The van der Waals surface area contributed by atoms with E-state index in [0.717, 1.165) is 33.4 Å². The molecule has 2 aromatic heterocycles. The number of phenols is 2. The lowest BCUT2D eigenvalue weighted by atomic mass is 9.70. The van der Waals surface area contributed by atoms with Crippen molar-refractivity contribution in [1.82, 2.24) is 15.0 Å². The Bertz CT molecular complexity index is 1770. The van der Waals surface area contributed by atoms with Crippen LogP contribution in [0.4, 0.5) is 0 Å². The first-order valence-electron chi connectivity index (χ1n) is 12.8. The van der Waals surface area contributed by atoms with Gasteiger partial charge in [0.25, 0.3) is 0 Å². The molecule has 2 heterocycles. The van der Waals surface area contributed by atoms with Gasteiger partial charge in [0.15, 0.2) is 5.82 Å². The van der Waals surface area contributed by atoms with Crippen LogP contribution in [-0.4, -0.2) is 48.7 Å². The van der Waals surface area contributed by atoms with E-state index >= 15 is 0 Å². The van der Waals surface area contributed by atoms with Crippen LogP contribution >= 0.6 is 0 Å². The molecule has 6 radical (unpaired) electrons. The largest absolute Gasteiger partial charge is 0.508 e. The zero-order valence-electron chi connectivity index (χ0n) is 21.9. The van der Waals surface area contributed by atoms with Gasteiger partial charge in [0, 0.05) is 29.1 Å². The first-order valence-corrected chi connectivity index (χ1v) is 12.8. The van der Waals surface area contributed by atoms with Crippen LogP contribution in [0.25, 0.3) is 56.2 Å². The molecule has 0 spiro atoms. The minimum Gasteiger partial charge on any atom is -0.508 e. The van der Waals surface area contributed by atoms with Gasteiger partial charge >= 0.3 is 0 Å². The van der Waals surface area contributed by atoms with E-state index in [9.17, 15) is 10.2 Å². The Hall–Kier alpha value is -5.10. The predicted octanol–water partition coefficient (Wildman–Crippen LogP) is 4.00. The van der Waals surface area contributed by atoms with Crippen molar-refractivity contribution in [3.63, 3.8) is 0 Å². The van der Waals surface area contributed by atoms with Crippen LogP contribution in [-0.2, 0) is 0 Å². The second kappa shape index (κ2) is 10.8. The Labute approximate surface area is 241 Å². The summed E-state index contributed by atoms with van der Waals surface area (Å²) in [5, 5.41) is 21.9. The molecule has 2 N–H and O–H groups in total. The fraction of sp³-hybridized carbons (Fsp3) is 0. The molecule has 0 saturated heterocycles. The molecular weight excluding hydrogens is 503 g/mol. The van der Waals surface area contributed by atoms with Gasteiger partial charge in [0.1, 0.15) is 40.6 Å². The molecule has 0 fully saturated rings. The Morgan fingerprint density at radius 1 is 0.488 bits per heavy atom. The van der Waals surface area contributed by atoms with Crippen molar-refractivity contribution in [1.29, 1.82) is 0 Å². The van der Waals surface area contributed by atoms with Crippen LogP contribution in [0.1, 0.15) is 0 Å². The molecule has 0 atom stereocenters. The summed E-state index contributed by atoms with van der Waals surface area (Å²) in [6.07, 6.45) is 3.52. The highest BCUT2D eigenvalue weighted by atomic mass is 16.3. The van der Waals surface area contributed by atoms with Gasteiger partial charge in [0.05, 0.1) is 11.4 Å². The lowest BCUT2D eigenvalue weighted by Crippen LogP contribution is -2.39. The molecule has 0 saturated carbocycles. The molecule has 0 unspecified atom stereocenters. The third-order valence-corrected chi connectivity index (χ3v) is 6.93. The smallest absolute Gasteiger partial charge is 0.167 e. The summed E-state index contributed by atoms with van der Waals surface area (Å²) in [6.45, 7) is 0. The average Bonchev–Trinajstić information content (AvgIpc) is 3.04. The molecule has 0 aliphatic rings. The summed E-state index contributed by atoms with van der Waals surface area (Å²) >= 11 is 0. The van der Waals surface area contributed by atoms with Crippen molar-refractivity contribution in [2.75, 3.05) is 0 Å². The minimum atomic E-state index is -0.445. The lowest BCUT2D eigenvalue weighted by molar-refractivity contribution is 0.459. The number of aromatic hydroxyl groups is 2. The molecular formula is C33H20B3N3O2. The first kappa shape index (κ1) is 26.1. The van der Waals surface area contributed by atoms with Gasteiger partial charge in [-0.1, -0.05) is 83.7 Å². The normalized spacial score (nSPS) is 10.9. The quantitative estimate of drug-likeness (QED) is 0.335. The monoisotopic (exact) mass is 523 g/mol. The SMILES string of the molecule is [B]c1c([B])c(O)c(-c2nc(-c3cccc(-c4ccccc4)c3)cc(-c3cccc(-c4cccnc4)c3)n2)c(O)c1[B]. The fourth-order valence-corrected chi connectivity index (χ4v) is 4.73. The lowest BCUT2D eigenvalue weighted by Gasteiger charge is -2.17. The molecule has 0 aliphatic carbocycles. The Balaban J connectivity index is 1.58. The number of nitrogens with zero attached hydrogens (tertiary/aromatic N) is 3. The molecule has 0 bridgehead atoms. The van der Waals surface area contributed by atoms with E-state index in [1.54, 1.807) is 12.4 Å². The maximum atomic E-state index is 10.9. The highest BCUT2D eigenvalue weighted by Crippen LogP contribution is 2.36. The summed E-state index contributed by atoms with van der Waals surface area (Å²) in [5.74, 6) is -0.846. The Morgan fingerprint density at radius 3 is 1.56 bits per heavy atom. The average molecular weight is 523 g/mol. The van der Waals surface area contributed by atoms with Crippen LogP contribution in [0.3, 0.4) is 0 Å². The second-order valence-electron chi connectivity index (χ2n) is 9.54. The number of hydrogen-bond donors (Lipinski definition) is 2.